The molecule has 0 saturated heterocycles. The van der Waals surface area contributed by atoms with Gasteiger partial charge in [0.1, 0.15) is 12.4 Å². The van der Waals surface area contributed by atoms with Crippen molar-refractivity contribution < 1.29 is 4.74 Å². The van der Waals surface area contributed by atoms with E-state index in [1.54, 1.807) is 0 Å². The number of hydrogen-bond donors (Lipinski definition) is 1. The number of hydrogen-bond acceptors (Lipinski definition) is 2. The van der Waals surface area contributed by atoms with Crippen molar-refractivity contribution in [1.29, 1.82) is 0 Å². The first kappa shape index (κ1) is 13.5. The average molecular weight is 255 g/mol. The molecule has 0 aromatic heterocycles. The van der Waals surface area contributed by atoms with Crippen molar-refractivity contribution in [1.82, 2.24) is 0 Å². The minimum Gasteiger partial charge on any atom is -0.489 e. The summed E-state index contributed by atoms with van der Waals surface area (Å²) < 4.78 is 5.76. The Kier molecular flexibility index (Phi) is 4.45. The molecule has 0 amide bonds. The van der Waals surface area contributed by atoms with Crippen molar-refractivity contribution in [3.63, 3.8) is 0 Å². The smallest absolute Gasteiger partial charge is 0.119 e. The molecular weight excluding hydrogens is 234 g/mol. The molecule has 19 heavy (non-hydrogen) atoms. The maximum Gasteiger partial charge on any atom is 0.119 e. The topological polar surface area (TPSA) is 35.2 Å². The third kappa shape index (κ3) is 3.50. The van der Waals surface area contributed by atoms with Crippen LogP contribution in [-0.2, 0) is 6.61 Å². The molecule has 2 rings (SSSR count). The van der Waals surface area contributed by atoms with Gasteiger partial charge in [-0.1, -0.05) is 44.2 Å². The van der Waals surface area contributed by atoms with E-state index in [1.807, 2.05) is 36.4 Å². The molecule has 2 heteroatoms. The summed E-state index contributed by atoms with van der Waals surface area (Å²) in [5.74, 6) is 1.48. The van der Waals surface area contributed by atoms with Crippen molar-refractivity contribution in [3.8, 4) is 5.75 Å². The number of ether oxygens (including phenoxy) is 1. The van der Waals surface area contributed by atoms with Crippen LogP contribution in [0, 0.1) is 0 Å². The lowest BCUT2D eigenvalue weighted by Gasteiger charge is -2.11. The van der Waals surface area contributed by atoms with Gasteiger partial charge >= 0.3 is 0 Å². The predicted octanol–water partition coefficient (Wildman–Crippen LogP) is 4.36. The highest BCUT2D eigenvalue weighted by Crippen LogP contribution is 2.22. The first-order chi connectivity index (χ1) is 9.20. The van der Waals surface area contributed by atoms with Gasteiger partial charge in [0.2, 0.25) is 0 Å². The van der Waals surface area contributed by atoms with Gasteiger partial charge in [-0.25, -0.2) is 0 Å². The monoisotopic (exact) mass is 255 g/mol. The maximum atomic E-state index is 5.89. The van der Waals surface area contributed by atoms with Gasteiger partial charge in [0.15, 0.2) is 0 Å². The molecule has 0 saturated carbocycles. The van der Waals surface area contributed by atoms with Crippen LogP contribution in [0.25, 0.3) is 0 Å². The summed E-state index contributed by atoms with van der Waals surface area (Å²) in [6.07, 6.45) is 1.15. The lowest BCUT2D eigenvalue weighted by Crippen LogP contribution is -2.00. The molecule has 0 radical (unpaired) electrons. The average Bonchev–Trinajstić information content (AvgIpc) is 2.46. The zero-order chi connectivity index (χ0) is 13.7. The first-order valence-electron chi connectivity index (χ1n) is 6.77. The van der Waals surface area contributed by atoms with Gasteiger partial charge in [-0.2, -0.15) is 0 Å². The largest absolute Gasteiger partial charge is 0.489 e. The van der Waals surface area contributed by atoms with Crippen LogP contribution in [0.15, 0.2) is 48.5 Å². The molecule has 0 bridgehead atoms. The second-order valence-electron chi connectivity index (χ2n) is 4.87. The Morgan fingerprint density at radius 1 is 1.05 bits per heavy atom. The second kappa shape index (κ2) is 6.28. The van der Waals surface area contributed by atoms with Gasteiger partial charge < -0.3 is 10.5 Å². The van der Waals surface area contributed by atoms with Crippen LogP contribution in [0.3, 0.4) is 0 Å². The molecular formula is C17H21NO. The minimum absolute atomic E-state index is 0.509. The number of anilines is 1. The van der Waals surface area contributed by atoms with Crippen LogP contribution < -0.4 is 10.5 Å². The molecule has 2 aromatic carbocycles. The lowest BCUT2D eigenvalue weighted by molar-refractivity contribution is 0.307. The maximum absolute atomic E-state index is 5.89. The lowest BCUT2D eigenvalue weighted by atomic mass is 9.99. The molecule has 1 unspecified atom stereocenters. The molecule has 0 aliphatic carbocycles. The van der Waals surface area contributed by atoms with Crippen molar-refractivity contribution in [2.24, 2.45) is 0 Å². The summed E-state index contributed by atoms with van der Waals surface area (Å²) in [7, 11) is 0. The van der Waals surface area contributed by atoms with Crippen LogP contribution in [0.1, 0.15) is 37.3 Å². The Hall–Kier alpha value is -1.96. The standard InChI is InChI=1S/C17H21NO/c1-3-13(2)14-8-10-16(11-9-14)19-12-15-6-4-5-7-17(15)18/h4-11,13H,3,12,18H2,1-2H3. The van der Waals surface area contributed by atoms with E-state index in [9.17, 15) is 0 Å². The molecule has 0 fully saturated rings. The summed E-state index contributed by atoms with van der Waals surface area (Å²) in [6, 6.07) is 16.1. The molecule has 100 valence electrons. The van der Waals surface area contributed by atoms with Crippen LogP contribution in [0.2, 0.25) is 0 Å². The predicted molar refractivity (Wildman–Crippen MR) is 80.3 cm³/mol. The Bertz CT molecular complexity index is 519. The molecule has 2 aromatic rings. The number of nitrogens with two attached hydrogens (primary N) is 1. The molecule has 0 heterocycles. The fraction of sp³-hybridized carbons (Fsp3) is 0.294. The van der Waals surface area contributed by atoms with Crippen molar-refractivity contribution in [3.05, 3.63) is 59.7 Å². The summed E-state index contributed by atoms with van der Waals surface area (Å²) >= 11 is 0. The number of nitrogen functional groups attached to an aromatic ring is 1. The Morgan fingerprint density at radius 2 is 1.74 bits per heavy atom. The van der Waals surface area contributed by atoms with E-state index in [0.29, 0.717) is 12.5 Å². The zero-order valence-electron chi connectivity index (χ0n) is 11.6. The van der Waals surface area contributed by atoms with Crippen LogP contribution in [0.5, 0.6) is 5.75 Å². The summed E-state index contributed by atoms with van der Waals surface area (Å²) in [5.41, 5.74) is 9.04. The van der Waals surface area contributed by atoms with Gasteiger partial charge in [0.25, 0.3) is 0 Å². The van der Waals surface area contributed by atoms with E-state index in [4.69, 9.17) is 10.5 Å². The van der Waals surface area contributed by atoms with Crippen LogP contribution in [0.4, 0.5) is 5.69 Å². The third-order valence-corrected chi connectivity index (χ3v) is 3.51. The normalized spacial score (nSPS) is 12.1. The second-order valence-corrected chi connectivity index (χ2v) is 4.87. The number of para-hydroxylation sites is 1. The zero-order valence-corrected chi connectivity index (χ0v) is 11.6. The van der Waals surface area contributed by atoms with Gasteiger partial charge in [-0.3, -0.25) is 0 Å². The SMILES string of the molecule is CCC(C)c1ccc(OCc2ccccc2N)cc1. The van der Waals surface area contributed by atoms with E-state index in [1.165, 1.54) is 5.56 Å². The number of rotatable bonds is 5. The highest BCUT2D eigenvalue weighted by molar-refractivity contribution is 5.46. The van der Waals surface area contributed by atoms with Crippen molar-refractivity contribution in [2.75, 3.05) is 5.73 Å². The van der Waals surface area contributed by atoms with Gasteiger partial charge in [-0.15, -0.1) is 0 Å². The number of benzene rings is 2. The molecule has 0 aliphatic rings. The van der Waals surface area contributed by atoms with Crippen molar-refractivity contribution in [2.45, 2.75) is 32.8 Å². The van der Waals surface area contributed by atoms with Crippen LogP contribution in [-0.4, -0.2) is 0 Å². The molecule has 1 atom stereocenters. The Balaban J connectivity index is 1.99. The van der Waals surface area contributed by atoms with E-state index >= 15 is 0 Å². The Labute approximate surface area is 115 Å². The third-order valence-electron chi connectivity index (χ3n) is 3.51. The van der Waals surface area contributed by atoms with E-state index < -0.39 is 0 Å². The minimum atomic E-state index is 0.509. The Morgan fingerprint density at radius 3 is 2.37 bits per heavy atom. The molecule has 0 aliphatic heterocycles. The molecule has 0 spiro atoms. The van der Waals surface area contributed by atoms with E-state index in [-0.39, 0.29) is 0 Å². The fourth-order valence-electron chi connectivity index (χ4n) is 1.96. The van der Waals surface area contributed by atoms with Gasteiger partial charge in [0.05, 0.1) is 0 Å². The molecule has 2 nitrogen and oxygen atoms in total. The highest BCUT2D eigenvalue weighted by Gasteiger charge is 2.03. The molecule has 2 N–H and O–H groups in total. The van der Waals surface area contributed by atoms with Crippen molar-refractivity contribution >= 4 is 5.69 Å². The van der Waals surface area contributed by atoms with Gasteiger partial charge in [0, 0.05) is 11.3 Å². The van der Waals surface area contributed by atoms with E-state index in [2.05, 4.69) is 26.0 Å². The quantitative estimate of drug-likeness (QED) is 0.806. The summed E-state index contributed by atoms with van der Waals surface area (Å²) in [5, 5.41) is 0. The summed E-state index contributed by atoms with van der Waals surface area (Å²) in [6.45, 7) is 4.95. The summed E-state index contributed by atoms with van der Waals surface area (Å²) in [4.78, 5) is 0. The fourth-order valence-corrected chi connectivity index (χ4v) is 1.96. The highest BCUT2D eigenvalue weighted by atomic mass is 16.5. The van der Waals surface area contributed by atoms with Gasteiger partial charge in [-0.05, 0) is 36.1 Å². The van der Waals surface area contributed by atoms with E-state index in [0.717, 1.165) is 23.4 Å². The van der Waals surface area contributed by atoms with Crippen LogP contribution >= 0.6 is 0 Å². The first-order valence-corrected chi connectivity index (χ1v) is 6.77.